The van der Waals surface area contributed by atoms with Crippen molar-refractivity contribution in [1.29, 1.82) is 0 Å². The van der Waals surface area contributed by atoms with E-state index in [2.05, 4.69) is 40.6 Å². The maximum Gasteiger partial charge on any atom is 0.274 e. The van der Waals surface area contributed by atoms with Gasteiger partial charge in [0, 0.05) is 37.1 Å². The monoisotopic (exact) mass is 358 g/mol. The summed E-state index contributed by atoms with van der Waals surface area (Å²) in [6.07, 6.45) is 8.37. The first-order valence-electron chi connectivity index (χ1n) is 9.84. The second kappa shape index (κ2) is 8.47. The van der Waals surface area contributed by atoms with Crippen LogP contribution in [0.25, 0.3) is 0 Å². The van der Waals surface area contributed by atoms with Crippen molar-refractivity contribution in [3.63, 3.8) is 0 Å². The minimum absolute atomic E-state index is 0.0466. The molecule has 0 spiro atoms. The lowest BCUT2D eigenvalue weighted by atomic mass is 9.97. The Labute approximate surface area is 155 Å². The number of amides is 1. The normalized spacial score (nSPS) is 17.7. The molecule has 3 rings (SSSR count). The van der Waals surface area contributed by atoms with Crippen LogP contribution in [-0.2, 0) is 19.4 Å². The Morgan fingerprint density at radius 3 is 2.96 bits per heavy atom. The number of nitrogens with one attached hydrogen (secondary N) is 1. The van der Waals surface area contributed by atoms with Gasteiger partial charge in [-0.1, -0.05) is 25.5 Å². The van der Waals surface area contributed by atoms with Gasteiger partial charge in [0.25, 0.3) is 5.91 Å². The maximum absolute atomic E-state index is 12.9. The molecule has 1 fully saturated rings. The largest absolute Gasteiger partial charge is 0.337 e. The number of aromatic amines is 1. The molecule has 0 saturated carbocycles. The number of nitrogens with zero attached hydrogens (tertiary/aromatic N) is 5. The molecule has 1 amide bonds. The van der Waals surface area contributed by atoms with Crippen LogP contribution in [0.15, 0.2) is 6.20 Å². The minimum Gasteiger partial charge on any atom is -0.337 e. The van der Waals surface area contributed by atoms with Crippen LogP contribution < -0.4 is 0 Å². The molecule has 0 radical (unpaired) electrons. The molecule has 2 aromatic rings. The molecule has 0 aromatic carbocycles. The highest BCUT2D eigenvalue weighted by Crippen LogP contribution is 2.21. The summed E-state index contributed by atoms with van der Waals surface area (Å²) in [4.78, 5) is 14.8. The zero-order valence-corrected chi connectivity index (χ0v) is 16.2. The fraction of sp³-hybridized carbons (Fsp3) is 0.684. The third-order valence-electron chi connectivity index (χ3n) is 5.29. The highest BCUT2D eigenvalue weighted by Gasteiger charge is 2.27. The average Bonchev–Trinajstić information content (AvgIpc) is 3.25. The van der Waals surface area contributed by atoms with Gasteiger partial charge in [0.05, 0.1) is 5.69 Å². The molecule has 1 N–H and O–H groups in total. The molecule has 1 aliphatic rings. The predicted molar refractivity (Wildman–Crippen MR) is 100.0 cm³/mol. The molecule has 0 unspecified atom stereocenters. The predicted octanol–water partition coefficient (Wildman–Crippen LogP) is 2.77. The van der Waals surface area contributed by atoms with E-state index in [1.54, 1.807) is 0 Å². The number of carbonyl (C=O) groups is 1. The zero-order chi connectivity index (χ0) is 18.5. The Balaban J connectivity index is 1.60. The molecule has 3 heterocycles. The van der Waals surface area contributed by atoms with Gasteiger partial charge < -0.3 is 4.90 Å². The minimum atomic E-state index is 0.0466. The van der Waals surface area contributed by atoms with Crippen molar-refractivity contribution in [3.8, 4) is 0 Å². The molecular formula is C19H30N6O. The Bertz CT molecular complexity index is 734. The molecule has 7 heteroatoms. The molecular weight excluding hydrogens is 328 g/mol. The molecule has 142 valence electrons. The summed E-state index contributed by atoms with van der Waals surface area (Å²) >= 11 is 0. The molecule has 1 atom stereocenters. The van der Waals surface area contributed by atoms with Gasteiger partial charge in [-0.3, -0.25) is 14.6 Å². The second-order valence-corrected chi connectivity index (χ2v) is 7.32. The quantitative estimate of drug-likeness (QED) is 0.825. The summed E-state index contributed by atoms with van der Waals surface area (Å²) < 4.78 is 1.94. The van der Waals surface area contributed by atoms with Crippen molar-refractivity contribution < 1.29 is 4.79 Å². The molecule has 1 aliphatic heterocycles. The van der Waals surface area contributed by atoms with Crippen molar-refractivity contribution in [2.24, 2.45) is 5.92 Å². The number of carbonyl (C=O) groups excluding carboxylic acids is 1. The van der Waals surface area contributed by atoms with Crippen LogP contribution in [0.3, 0.4) is 0 Å². The number of piperidine rings is 1. The van der Waals surface area contributed by atoms with E-state index in [4.69, 9.17) is 0 Å². The van der Waals surface area contributed by atoms with E-state index < -0.39 is 0 Å². The summed E-state index contributed by atoms with van der Waals surface area (Å²) in [6.45, 7) is 8.62. The van der Waals surface area contributed by atoms with E-state index in [0.29, 0.717) is 11.6 Å². The third-order valence-corrected chi connectivity index (χ3v) is 5.29. The SMILES string of the molecule is CCCCc1cn(C[C@H]2CCCN(C(=O)c3n[nH]c(CC)c3C)C2)nn1. The molecule has 0 bridgehead atoms. The first kappa shape index (κ1) is 18.6. The first-order chi connectivity index (χ1) is 12.6. The number of hydrogen-bond acceptors (Lipinski definition) is 4. The van der Waals surface area contributed by atoms with E-state index >= 15 is 0 Å². The van der Waals surface area contributed by atoms with E-state index in [1.165, 1.54) is 6.42 Å². The third kappa shape index (κ3) is 4.14. The molecule has 2 aromatic heterocycles. The van der Waals surface area contributed by atoms with Gasteiger partial charge >= 0.3 is 0 Å². The average molecular weight is 358 g/mol. The van der Waals surface area contributed by atoms with Gasteiger partial charge in [0.2, 0.25) is 0 Å². The number of hydrogen-bond donors (Lipinski definition) is 1. The van der Waals surface area contributed by atoms with E-state index in [0.717, 1.165) is 68.7 Å². The summed E-state index contributed by atoms with van der Waals surface area (Å²) in [5.74, 6) is 0.462. The van der Waals surface area contributed by atoms with Gasteiger partial charge in [0.15, 0.2) is 5.69 Å². The number of aryl methyl sites for hydroxylation is 2. The standard InChI is InChI=1S/C19H30N6O/c1-4-6-9-16-13-25(23-20-16)12-15-8-7-10-24(11-15)19(26)18-14(3)17(5-2)21-22-18/h13,15H,4-12H2,1-3H3,(H,21,22)/t15-/m0/s1. The highest BCUT2D eigenvalue weighted by molar-refractivity contribution is 5.94. The Morgan fingerprint density at radius 2 is 2.23 bits per heavy atom. The van der Waals surface area contributed by atoms with Gasteiger partial charge in [-0.15, -0.1) is 5.10 Å². The summed E-state index contributed by atoms with van der Waals surface area (Å²) in [7, 11) is 0. The van der Waals surface area contributed by atoms with Gasteiger partial charge in [0.1, 0.15) is 0 Å². The van der Waals surface area contributed by atoms with E-state index in [9.17, 15) is 4.79 Å². The Morgan fingerprint density at radius 1 is 1.38 bits per heavy atom. The fourth-order valence-corrected chi connectivity index (χ4v) is 3.70. The van der Waals surface area contributed by atoms with Crippen LogP contribution in [-0.4, -0.2) is 49.1 Å². The number of rotatable bonds is 7. The van der Waals surface area contributed by atoms with Crippen molar-refractivity contribution in [1.82, 2.24) is 30.1 Å². The molecule has 0 aliphatic carbocycles. The van der Waals surface area contributed by atoms with Gasteiger partial charge in [-0.2, -0.15) is 5.10 Å². The summed E-state index contributed by atoms with van der Waals surface area (Å²) in [5.41, 5.74) is 3.67. The lowest BCUT2D eigenvalue weighted by molar-refractivity contribution is 0.0652. The number of likely N-dealkylation sites (tertiary alicyclic amines) is 1. The maximum atomic E-state index is 12.9. The van der Waals surface area contributed by atoms with Crippen molar-refractivity contribution in [3.05, 3.63) is 28.8 Å². The number of aromatic nitrogens is 5. The lowest BCUT2D eigenvalue weighted by Crippen LogP contribution is -2.41. The number of H-pyrrole nitrogens is 1. The number of unbranched alkanes of at least 4 members (excludes halogenated alkanes) is 1. The van der Waals surface area contributed by atoms with Crippen LogP contribution in [0.4, 0.5) is 0 Å². The topological polar surface area (TPSA) is 79.7 Å². The van der Waals surface area contributed by atoms with Crippen LogP contribution in [0.1, 0.15) is 67.0 Å². The van der Waals surface area contributed by atoms with Gasteiger partial charge in [-0.05, 0) is 44.9 Å². The molecule has 1 saturated heterocycles. The zero-order valence-electron chi connectivity index (χ0n) is 16.2. The molecule has 7 nitrogen and oxygen atoms in total. The Kier molecular flexibility index (Phi) is 6.06. The highest BCUT2D eigenvalue weighted by atomic mass is 16.2. The Hall–Kier alpha value is -2.18. The lowest BCUT2D eigenvalue weighted by Gasteiger charge is -2.32. The van der Waals surface area contributed by atoms with Crippen molar-refractivity contribution >= 4 is 5.91 Å². The summed E-state index contributed by atoms with van der Waals surface area (Å²) in [5, 5.41) is 15.8. The van der Waals surface area contributed by atoms with Crippen LogP contribution >= 0.6 is 0 Å². The molecule has 26 heavy (non-hydrogen) atoms. The van der Waals surface area contributed by atoms with E-state index in [-0.39, 0.29) is 5.91 Å². The fourth-order valence-electron chi connectivity index (χ4n) is 3.70. The van der Waals surface area contributed by atoms with Crippen molar-refractivity contribution in [2.45, 2.75) is 65.8 Å². The van der Waals surface area contributed by atoms with Gasteiger partial charge in [-0.25, -0.2) is 0 Å². The van der Waals surface area contributed by atoms with Crippen LogP contribution in [0.5, 0.6) is 0 Å². The summed E-state index contributed by atoms with van der Waals surface area (Å²) in [6, 6.07) is 0. The smallest absolute Gasteiger partial charge is 0.274 e. The van der Waals surface area contributed by atoms with Crippen LogP contribution in [0, 0.1) is 12.8 Å². The van der Waals surface area contributed by atoms with Crippen molar-refractivity contribution in [2.75, 3.05) is 13.1 Å². The second-order valence-electron chi connectivity index (χ2n) is 7.32. The first-order valence-corrected chi connectivity index (χ1v) is 9.84. The van der Waals surface area contributed by atoms with E-state index in [1.807, 2.05) is 16.5 Å². The van der Waals surface area contributed by atoms with Crippen LogP contribution in [0.2, 0.25) is 0 Å².